The first-order valence-corrected chi connectivity index (χ1v) is 10.4. The lowest BCUT2D eigenvalue weighted by atomic mass is 10.1. The summed E-state index contributed by atoms with van der Waals surface area (Å²) in [4.78, 5) is 1.11. The van der Waals surface area contributed by atoms with Gasteiger partial charge in [0.2, 0.25) is 4.90 Å². The molecule has 0 N–H and O–H groups in total. The SMILES string of the molecule is C[S+](C)c1c(OC(C)(C)C)cc(OC(C)(C)C)cc1OC(C)(C)C. The Labute approximate surface area is 151 Å². The maximum atomic E-state index is 6.25. The molecule has 0 aromatic heterocycles. The zero-order valence-corrected chi connectivity index (χ0v) is 18.1. The van der Waals surface area contributed by atoms with E-state index in [1.807, 2.05) is 32.9 Å². The number of hydrogen-bond acceptors (Lipinski definition) is 3. The molecule has 0 spiro atoms. The van der Waals surface area contributed by atoms with E-state index in [9.17, 15) is 0 Å². The van der Waals surface area contributed by atoms with Gasteiger partial charge in [-0.05, 0) is 62.3 Å². The lowest BCUT2D eigenvalue weighted by Gasteiger charge is -2.28. The predicted molar refractivity (Wildman–Crippen MR) is 105 cm³/mol. The third kappa shape index (κ3) is 7.25. The van der Waals surface area contributed by atoms with E-state index in [4.69, 9.17) is 14.2 Å². The first-order chi connectivity index (χ1) is 10.6. The lowest BCUT2D eigenvalue weighted by molar-refractivity contribution is 0.105. The van der Waals surface area contributed by atoms with Crippen LogP contribution in [0.5, 0.6) is 17.2 Å². The Balaban J connectivity index is 3.51. The molecule has 0 aliphatic rings. The second kappa shape index (κ2) is 7.07. The summed E-state index contributed by atoms with van der Waals surface area (Å²) in [5, 5.41) is 0. The van der Waals surface area contributed by atoms with Crippen LogP contribution < -0.4 is 14.2 Å². The van der Waals surface area contributed by atoms with Crippen LogP contribution in [0.15, 0.2) is 17.0 Å². The van der Waals surface area contributed by atoms with Crippen molar-refractivity contribution in [3.8, 4) is 17.2 Å². The molecular formula is C20H35O3S+. The Morgan fingerprint density at radius 2 is 0.958 bits per heavy atom. The van der Waals surface area contributed by atoms with Gasteiger partial charge in [-0.25, -0.2) is 0 Å². The zero-order valence-electron chi connectivity index (χ0n) is 17.3. The highest BCUT2D eigenvalue weighted by molar-refractivity contribution is 7.95. The van der Waals surface area contributed by atoms with Gasteiger partial charge in [-0.15, -0.1) is 0 Å². The minimum absolute atomic E-state index is 0.00841. The highest BCUT2D eigenvalue weighted by Gasteiger charge is 2.30. The topological polar surface area (TPSA) is 27.7 Å². The zero-order chi connectivity index (χ0) is 18.9. The highest BCUT2D eigenvalue weighted by atomic mass is 32.2. The van der Waals surface area contributed by atoms with Crippen molar-refractivity contribution in [1.82, 2.24) is 0 Å². The molecule has 1 aromatic rings. The molecule has 0 unspecified atom stereocenters. The van der Waals surface area contributed by atoms with Gasteiger partial charge >= 0.3 is 0 Å². The van der Waals surface area contributed by atoms with Crippen molar-refractivity contribution >= 4 is 10.9 Å². The summed E-state index contributed by atoms with van der Waals surface area (Å²) in [7, 11) is -0.00841. The van der Waals surface area contributed by atoms with E-state index in [-0.39, 0.29) is 27.7 Å². The monoisotopic (exact) mass is 355 g/mol. The number of benzene rings is 1. The summed E-state index contributed by atoms with van der Waals surface area (Å²) >= 11 is 0. The van der Waals surface area contributed by atoms with E-state index in [2.05, 4.69) is 54.1 Å². The summed E-state index contributed by atoms with van der Waals surface area (Å²) in [5.41, 5.74) is -0.847. The summed E-state index contributed by atoms with van der Waals surface area (Å²) in [6.45, 7) is 18.5. The Kier molecular flexibility index (Phi) is 6.19. The molecule has 0 atom stereocenters. The third-order valence-electron chi connectivity index (χ3n) is 2.66. The molecule has 0 fully saturated rings. The molecule has 1 rings (SSSR count). The van der Waals surface area contributed by atoms with Crippen molar-refractivity contribution in [2.75, 3.05) is 12.5 Å². The Morgan fingerprint density at radius 3 is 1.21 bits per heavy atom. The van der Waals surface area contributed by atoms with Crippen LogP contribution in [0.1, 0.15) is 62.3 Å². The second-order valence-corrected chi connectivity index (χ2v) is 11.2. The van der Waals surface area contributed by atoms with E-state index < -0.39 is 0 Å². The van der Waals surface area contributed by atoms with E-state index in [0.29, 0.717) is 0 Å². The molecular weight excluding hydrogens is 320 g/mol. The normalized spacial score (nSPS) is 13.2. The first kappa shape index (κ1) is 21.0. The molecule has 0 radical (unpaired) electrons. The molecule has 1 aromatic carbocycles. The van der Waals surface area contributed by atoms with Gasteiger partial charge in [0.15, 0.2) is 11.5 Å². The summed E-state index contributed by atoms with van der Waals surface area (Å²) in [6.07, 6.45) is 4.37. The quantitative estimate of drug-likeness (QED) is 0.672. The Morgan fingerprint density at radius 1 is 0.625 bits per heavy atom. The van der Waals surface area contributed by atoms with Crippen molar-refractivity contribution in [3.05, 3.63) is 12.1 Å². The summed E-state index contributed by atoms with van der Waals surface area (Å²) in [5.74, 6) is 2.46. The fraction of sp³-hybridized carbons (Fsp3) is 0.700. The molecule has 0 bridgehead atoms. The minimum Gasteiger partial charge on any atom is -0.488 e. The van der Waals surface area contributed by atoms with Gasteiger partial charge in [-0.2, -0.15) is 0 Å². The predicted octanol–water partition coefficient (Wildman–Crippen LogP) is 5.46. The van der Waals surface area contributed by atoms with Crippen LogP contribution in [0.3, 0.4) is 0 Å². The lowest BCUT2D eigenvalue weighted by Crippen LogP contribution is -2.27. The molecule has 0 saturated carbocycles. The minimum atomic E-state index is -0.284. The smallest absolute Gasteiger partial charge is 0.238 e. The van der Waals surface area contributed by atoms with Gasteiger partial charge in [0, 0.05) is 23.0 Å². The molecule has 0 saturated heterocycles. The van der Waals surface area contributed by atoms with Crippen LogP contribution in [0.25, 0.3) is 0 Å². The van der Waals surface area contributed by atoms with Gasteiger partial charge in [-0.3, -0.25) is 0 Å². The number of hydrogen-bond donors (Lipinski definition) is 0. The average Bonchev–Trinajstić information content (AvgIpc) is 2.19. The molecule has 4 heteroatoms. The van der Waals surface area contributed by atoms with Crippen LogP contribution >= 0.6 is 0 Å². The van der Waals surface area contributed by atoms with E-state index >= 15 is 0 Å². The van der Waals surface area contributed by atoms with Crippen LogP contribution in [0.2, 0.25) is 0 Å². The van der Waals surface area contributed by atoms with Gasteiger partial charge in [0.1, 0.15) is 35.1 Å². The largest absolute Gasteiger partial charge is 0.488 e. The summed E-state index contributed by atoms with van der Waals surface area (Å²) < 4.78 is 18.6. The van der Waals surface area contributed by atoms with E-state index in [1.165, 1.54) is 0 Å². The standard InChI is InChI=1S/C20H35O3S/c1-18(2,3)21-14-12-15(22-19(4,5)6)17(24(10)11)16(13-14)23-20(7,8)9/h12-13H,1-11H3/q+1. The first-order valence-electron chi connectivity index (χ1n) is 8.40. The van der Waals surface area contributed by atoms with Crippen LogP contribution in [-0.2, 0) is 10.9 Å². The fourth-order valence-corrected chi connectivity index (χ4v) is 3.18. The van der Waals surface area contributed by atoms with Crippen LogP contribution in [-0.4, -0.2) is 29.3 Å². The highest BCUT2D eigenvalue weighted by Crippen LogP contribution is 2.41. The van der Waals surface area contributed by atoms with E-state index in [1.54, 1.807) is 0 Å². The molecule has 0 amide bonds. The summed E-state index contributed by atoms with van der Waals surface area (Å²) in [6, 6.07) is 3.99. The Hall–Kier alpha value is -1.03. The van der Waals surface area contributed by atoms with Gasteiger partial charge in [0.25, 0.3) is 0 Å². The molecule has 0 heterocycles. The van der Waals surface area contributed by atoms with Crippen molar-refractivity contribution in [2.24, 2.45) is 0 Å². The van der Waals surface area contributed by atoms with Crippen LogP contribution in [0.4, 0.5) is 0 Å². The van der Waals surface area contributed by atoms with Crippen molar-refractivity contribution in [2.45, 2.75) is 84.0 Å². The molecule has 138 valence electrons. The van der Waals surface area contributed by atoms with Crippen LogP contribution in [0, 0.1) is 0 Å². The molecule has 0 aliphatic carbocycles. The number of rotatable bonds is 4. The van der Waals surface area contributed by atoms with Crippen molar-refractivity contribution in [1.29, 1.82) is 0 Å². The maximum Gasteiger partial charge on any atom is 0.238 e. The Bertz CT molecular complexity index is 521. The molecule has 0 aliphatic heterocycles. The maximum absolute atomic E-state index is 6.25. The van der Waals surface area contributed by atoms with Crippen molar-refractivity contribution in [3.63, 3.8) is 0 Å². The second-order valence-electron chi connectivity index (χ2n) is 9.21. The van der Waals surface area contributed by atoms with Gasteiger partial charge in [-0.1, -0.05) is 0 Å². The van der Waals surface area contributed by atoms with E-state index in [0.717, 1.165) is 22.1 Å². The molecule has 3 nitrogen and oxygen atoms in total. The fourth-order valence-electron chi connectivity index (χ4n) is 2.18. The van der Waals surface area contributed by atoms with Crippen molar-refractivity contribution < 1.29 is 14.2 Å². The van der Waals surface area contributed by atoms with Gasteiger partial charge < -0.3 is 14.2 Å². The molecule has 24 heavy (non-hydrogen) atoms. The van der Waals surface area contributed by atoms with Gasteiger partial charge in [0.05, 0.1) is 0 Å². The third-order valence-corrected chi connectivity index (χ3v) is 3.88. The number of ether oxygens (including phenoxy) is 3. The average molecular weight is 356 g/mol.